The first-order valence-corrected chi connectivity index (χ1v) is 12.1. The molecule has 0 saturated heterocycles. The van der Waals surface area contributed by atoms with Crippen molar-refractivity contribution >= 4 is 28.5 Å². The van der Waals surface area contributed by atoms with E-state index in [4.69, 9.17) is 0 Å². The molecule has 0 aliphatic heterocycles. The van der Waals surface area contributed by atoms with Crippen molar-refractivity contribution in [1.82, 2.24) is 5.32 Å². The van der Waals surface area contributed by atoms with Gasteiger partial charge in [-0.05, 0) is 72.7 Å². The van der Waals surface area contributed by atoms with Gasteiger partial charge in [-0.2, -0.15) is 0 Å². The van der Waals surface area contributed by atoms with Gasteiger partial charge in [-0.15, -0.1) is 0 Å². The molecule has 156 valence electrons. The van der Waals surface area contributed by atoms with E-state index < -0.39 is 0 Å². The second-order valence-corrected chi connectivity index (χ2v) is 8.51. The van der Waals surface area contributed by atoms with Crippen molar-refractivity contribution in [3.05, 3.63) is 57.7 Å². The maximum atomic E-state index is 11.9. The van der Waals surface area contributed by atoms with Gasteiger partial charge in [0.15, 0.2) is 0 Å². The summed E-state index contributed by atoms with van der Waals surface area (Å²) in [7, 11) is 0. The van der Waals surface area contributed by atoms with Gasteiger partial charge in [0.2, 0.25) is 5.91 Å². The fourth-order valence-corrected chi connectivity index (χ4v) is 3.60. The Morgan fingerprint density at radius 3 is 2.25 bits per heavy atom. The molecule has 28 heavy (non-hydrogen) atoms. The van der Waals surface area contributed by atoms with Crippen LogP contribution < -0.4 is 5.32 Å². The normalized spacial score (nSPS) is 11.5. The first kappa shape index (κ1) is 24.9. The van der Waals surface area contributed by atoms with Crippen molar-refractivity contribution < 1.29 is 4.79 Å². The van der Waals surface area contributed by atoms with Gasteiger partial charge in [0.1, 0.15) is 0 Å². The zero-order valence-corrected chi connectivity index (χ0v) is 19.8. The van der Waals surface area contributed by atoms with Crippen molar-refractivity contribution in [2.75, 3.05) is 0 Å². The van der Waals surface area contributed by atoms with Gasteiger partial charge in [-0.3, -0.25) is 4.79 Å². The molecular formula is C25H38INO. The van der Waals surface area contributed by atoms with Gasteiger partial charge in [-0.1, -0.05) is 81.5 Å². The van der Waals surface area contributed by atoms with Crippen molar-refractivity contribution in [3.8, 4) is 0 Å². The van der Waals surface area contributed by atoms with Crippen LogP contribution in [0.2, 0.25) is 0 Å². The van der Waals surface area contributed by atoms with E-state index in [2.05, 4.69) is 71.3 Å². The van der Waals surface area contributed by atoms with E-state index in [1.165, 1.54) is 60.5 Å². The second-order valence-electron chi connectivity index (χ2n) is 7.35. The number of allylic oxidation sites excluding steroid dienone is 4. The third-order valence-corrected chi connectivity index (χ3v) is 5.84. The SMILES string of the molecule is CCCCC/C=C\C/C=C\CCCCCCCC(=O)NCc1ccccc1I. The van der Waals surface area contributed by atoms with Gasteiger partial charge >= 0.3 is 0 Å². The van der Waals surface area contributed by atoms with Crippen LogP contribution in [-0.2, 0) is 11.3 Å². The molecule has 0 atom stereocenters. The van der Waals surface area contributed by atoms with E-state index in [1.807, 2.05) is 12.1 Å². The number of nitrogens with one attached hydrogen (secondary N) is 1. The molecule has 0 fully saturated rings. The number of hydrogen-bond acceptors (Lipinski definition) is 1. The quantitative estimate of drug-likeness (QED) is 0.142. The van der Waals surface area contributed by atoms with Crippen molar-refractivity contribution in [3.63, 3.8) is 0 Å². The molecule has 0 spiro atoms. The molecule has 3 heteroatoms. The monoisotopic (exact) mass is 495 g/mol. The lowest BCUT2D eigenvalue weighted by atomic mass is 10.1. The smallest absolute Gasteiger partial charge is 0.220 e. The summed E-state index contributed by atoms with van der Waals surface area (Å²) in [5.74, 6) is 0.172. The van der Waals surface area contributed by atoms with Gasteiger partial charge in [0, 0.05) is 16.5 Å². The van der Waals surface area contributed by atoms with Gasteiger partial charge in [0.05, 0.1) is 0 Å². The summed E-state index contributed by atoms with van der Waals surface area (Å²) in [6, 6.07) is 8.18. The summed E-state index contributed by atoms with van der Waals surface area (Å²) in [6.07, 6.45) is 23.2. The molecule has 0 aliphatic carbocycles. The van der Waals surface area contributed by atoms with Gasteiger partial charge < -0.3 is 5.32 Å². The molecular weight excluding hydrogens is 457 g/mol. The lowest BCUT2D eigenvalue weighted by molar-refractivity contribution is -0.121. The minimum atomic E-state index is 0.172. The number of amides is 1. The summed E-state index contributed by atoms with van der Waals surface area (Å²) in [6.45, 7) is 2.88. The first-order chi connectivity index (χ1) is 13.7. The third kappa shape index (κ3) is 14.0. The lowest BCUT2D eigenvalue weighted by Crippen LogP contribution is -2.22. The fraction of sp³-hybridized carbons (Fsp3) is 0.560. The molecule has 0 bridgehead atoms. The molecule has 2 nitrogen and oxygen atoms in total. The molecule has 1 rings (SSSR count). The fourth-order valence-electron chi connectivity index (χ4n) is 3.02. The van der Waals surface area contributed by atoms with Crippen LogP contribution in [0.25, 0.3) is 0 Å². The Hall–Kier alpha value is -1.10. The summed E-state index contributed by atoms with van der Waals surface area (Å²) in [4.78, 5) is 11.9. The van der Waals surface area contributed by atoms with Crippen LogP contribution in [0.5, 0.6) is 0 Å². The van der Waals surface area contributed by atoms with Crippen LogP contribution in [-0.4, -0.2) is 5.91 Å². The predicted molar refractivity (Wildman–Crippen MR) is 130 cm³/mol. The van der Waals surface area contributed by atoms with Crippen LogP contribution in [0, 0.1) is 3.57 Å². The standard InChI is InChI=1S/C25H38INO/c1-2-3-4-5-6-7-8-9-10-11-12-13-14-15-16-21-25(28)27-22-23-19-17-18-20-24(23)26/h6-7,9-10,17-20H,2-5,8,11-16,21-22H2,1H3,(H,27,28)/b7-6-,10-9-. The highest BCUT2D eigenvalue weighted by Gasteiger charge is 2.03. The van der Waals surface area contributed by atoms with E-state index in [0.717, 1.165) is 19.3 Å². The molecule has 0 unspecified atom stereocenters. The Bertz CT molecular complexity index is 580. The predicted octanol–water partition coefficient (Wildman–Crippen LogP) is 7.72. The van der Waals surface area contributed by atoms with Crippen LogP contribution in [0.15, 0.2) is 48.6 Å². The molecule has 1 aromatic carbocycles. The van der Waals surface area contributed by atoms with E-state index in [-0.39, 0.29) is 5.91 Å². The number of halogens is 1. The number of hydrogen-bond donors (Lipinski definition) is 1. The molecule has 1 amide bonds. The molecule has 0 heterocycles. The lowest BCUT2D eigenvalue weighted by Gasteiger charge is -2.07. The first-order valence-electron chi connectivity index (χ1n) is 11.0. The third-order valence-electron chi connectivity index (χ3n) is 4.79. The Kier molecular flexibility index (Phi) is 16.0. The van der Waals surface area contributed by atoms with Crippen LogP contribution in [0.1, 0.15) is 89.5 Å². The highest BCUT2D eigenvalue weighted by atomic mass is 127. The van der Waals surface area contributed by atoms with Gasteiger partial charge in [0.25, 0.3) is 0 Å². The van der Waals surface area contributed by atoms with Gasteiger partial charge in [-0.25, -0.2) is 0 Å². The van der Waals surface area contributed by atoms with Crippen molar-refractivity contribution in [2.24, 2.45) is 0 Å². The topological polar surface area (TPSA) is 29.1 Å². The highest BCUT2D eigenvalue weighted by Crippen LogP contribution is 2.11. The summed E-state index contributed by atoms with van der Waals surface area (Å²) >= 11 is 2.31. The number of rotatable bonds is 16. The largest absolute Gasteiger partial charge is 0.352 e. The van der Waals surface area contributed by atoms with E-state index >= 15 is 0 Å². The van der Waals surface area contributed by atoms with E-state index in [0.29, 0.717) is 13.0 Å². The average molecular weight is 495 g/mol. The minimum Gasteiger partial charge on any atom is -0.352 e. The molecule has 0 aliphatic rings. The van der Waals surface area contributed by atoms with Crippen molar-refractivity contribution in [2.45, 2.75) is 90.5 Å². The number of benzene rings is 1. The van der Waals surface area contributed by atoms with Crippen LogP contribution in [0.4, 0.5) is 0 Å². The number of carbonyl (C=O) groups excluding carboxylic acids is 1. The molecule has 0 aromatic heterocycles. The zero-order chi connectivity index (χ0) is 20.3. The Labute approximate surface area is 186 Å². The number of unbranched alkanes of at least 4 members (excludes halogenated alkanes) is 8. The van der Waals surface area contributed by atoms with Crippen molar-refractivity contribution in [1.29, 1.82) is 0 Å². The maximum Gasteiger partial charge on any atom is 0.220 e. The van der Waals surface area contributed by atoms with E-state index in [9.17, 15) is 4.79 Å². The highest BCUT2D eigenvalue weighted by molar-refractivity contribution is 14.1. The molecule has 0 radical (unpaired) electrons. The van der Waals surface area contributed by atoms with Crippen LogP contribution >= 0.6 is 22.6 Å². The molecule has 1 aromatic rings. The average Bonchev–Trinajstić information content (AvgIpc) is 2.70. The van der Waals surface area contributed by atoms with E-state index in [1.54, 1.807) is 0 Å². The zero-order valence-electron chi connectivity index (χ0n) is 17.6. The summed E-state index contributed by atoms with van der Waals surface area (Å²) in [5, 5.41) is 3.03. The van der Waals surface area contributed by atoms with Crippen LogP contribution in [0.3, 0.4) is 0 Å². The Balaban J connectivity index is 1.90. The molecule has 1 N–H and O–H groups in total. The molecule has 0 saturated carbocycles. The maximum absolute atomic E-state index is 11.9. The Morgan fingerprint density at radius 2 is 1.54 bits per heavy atom. The minimum absolute atomic E-state index is 0.172. The summed E-state index contributed by atoms with van der Waals surface area (Å²) < 4.78 is 1.21. The number of carbonyl (C=O) groups is 1. The Morgan fingerprint density at radius 1 is 0.893 bits per heavy atom. The summed E-state index contributed by atoms with van der Waals surface area (Å²) in [5.41, 5.74) is 1.19. The second kappa shape index (κ2) is 18.0.